The van der Waals surface area contributed by atoms with Crippen molar-refractivity contribution in [2.45, 2.75) is 78.2 Å². The predicted octanol–water partition coefficient (Wildman–Crippen LogP) is 5.17. The third-order valence-electron chi connectivity index (χ3n) is 9.46. The highest BCUT2D eigenvalue weighted by Gasteiger charge is 2.49. The molecule has 1 fully saturated rings. The minimum atomic E-state index is -0.805. The molecule has 0 bridgehead atoms. The summed E-state index contributed by atoms with van der Waals surface area (Å²) >= 11 is 0. The lowest BCUT2D eigenvalue weighted by Crippen LogP contribution is -2.46. The zero-order chi connectivity index (χ0) is 29.1. The molecule has 1 aliphatic carbocycles. The SMILES string of the molecule is Cc1cc(C)c(CN2CCc3c(c(C)c4c(c3-c3cccnc3)OC(C)([C@H]3CC[C@H](N(C)C)CC3)O4)C2=O)c(=O)[nH]1. The number of benzene rings is 1. The molecule has 1 aromatic carbocycles. The van der Waals surface area contributed by atoms with Crippen LogP contribution >= 0.6 is 0 Å². The minimum absolute atomic E-state index is 0.0836. The highest BCUT2D eigenvalue weighted by atomic mass is 16.7. The molecule has 6 rings (SSSR count). The van der Waals surface area contributed by atoms with Gasteiger partial charge in [-0.05, 0) is 90.2 Å². The van der Waals surface area contributed by atoms with E-state index in [1.165, 1.54) is 0 Å². The van der Waals surface area contributed by atoms with Gasteiger partial charge in [0.15, 0.2) is 11.5 Å². The van der Waals surface area contributed by atoms with E-state index in [0.29, 0.717) is 35.9 Å². The molecule has 4 heterocycles. The Kier molecular flexibility index (Phi) is 6.92. The summed E-state index contributed by atoms with van der Waals surface area (Å²) in [5, 5.41) is 0. The first kappa shape index (κ1) is 27.5. The number of hydrogen-bond acceptors (Lipinski definition) is 6. The van der Waals surface area contributed by atoms with Gasteiger partial charge in [-0.2, -0.15) is 0 Å². The van der Waals surface area contributed by atoms with Gasteiger partial charge < -0.3 is 24.3 Å². The first-order valence-corrected chi connectivity index (χ1v) is 14.7. The lowest BCUT2D eigenvalue weighted by atomic mass is 9.81. The van der Waals surface area contributed by atoms with Crippen LogP contribution in [0.2, 0.25) is 0 Å². The second-order valence-electron chi connectivity index (χ2n) is 12.4. The summed E-state index contributed by atoms with van der Waals surface area (Å²) in [5.41, 5.74) is 6.43. The van der Waals surface area contributed by atoms with E-state index in [0.717, 1.165) is 64.9 Å². The summed E-state index contributed by atoms with van der Waals surface area (Å²) in [4.78, 5) is 38.3. The molecule has 2 aliphatic heterocycles. The molecule has 1 atom stereocenters. The number of fused-ring (bicyclic) bond motifs is 2. The van der Waals surface area contributed by atoms with Gasteiger partial charge in [-0.3, -0.25) is 14.6 Å². The highest BCUT2D eigenvalue weighted by molar-refractivity contribution is 6.02. The summed E-state index contributed by atoms with van der Waals surface area (Å²) in [6, 6.07) is 6.46. The van der Waals surface area contributed by atoms with Crippen molar-refractivity contribution in [2.24, 2.45) is 5.92 Å². The zero-order valence-electron chi connectivity index (χ0n) is 25.0. The quantitative estimate of drug-likeness (QED) is 0.467. The van der Waals surface area contributed by atoms with Crippen LogP contribution in [0.1, 0.15) is 70.9 Å². The number of aromatic amines is 1. The number of nitrogens with one attached hydrogen (secondary N) is 1. The molecule has 3 aliphatic rings. The Bertz CT molecular complexity index is 1560. The molecule has 8 nitrogen and oxygen atoms in total. The number of rotatable bonds is 5. The van der Waals surface area contributed by atoms with Crippen LogP contribution in [0, 0.1) is 26.7 Å². The van der Waals surface area contributed by atoms with E-state index in [9.17, 15) is 9.59 Å². The van der Waals surface area contributed by atoms with Gasteiger partial charge in [0.05, 0.1) is 12.1 Å². The van der Waals surface area contributed by atoms with Crippen molar-refractivity contribution in [3.63, 3.8) is 0 Å². The van der Waals surface area contributed by atoms with Gasteiger partial charge >= 0.3 is 0 Å². The number of amides is 1. The Hall–Kier alpha value is -3.65. The Morgan fingerprint density at radius 1 is 1.07 bits per heavy atom. The Morgan fingerprint density at radius 3 is 2.46 bits per heavy atom. The van der Waals surface area contributed by atoms with Crippen molar-refractivity contribution < 1.29 is 14.3 Å². The van der Waals surface area contributed by atoms with E-state index in [4.69, 9.17) is 9.47 Å². The fourth-order valence-corrected chi connectivity index (χ4v) is 7.10. The normalized spacial score (nSPS) is 23.7. The van der Waals surface area contributed by atoms with Gasteiger partial charge in [0, 0.05) is 65.8 Å². The van der Waals surface area contributed by atoms with Crippen LogP contribution in [-0.4, -0.2) is 58.1 Å². The summed E-state index contributed by atoms with van der Waals surface area (Å²) in [6.07, 6.45) is 8.48. The summed E-state index contributed by atoms with van der Waals surface area (Å²) in [5.74, 6) is 0.728. The van der Waals surface area contributed by atoms with E-state index in [1.807, 2.05) is 45.2 Å². The smallest absolute Gasteiger partial charge is 0.254 e. The fraction of sp³-hybridized carbons (Fsp3) is 0.485. The van der Waals surface area contributed by atoms with E-state index in [-0.39, 0.29) is 23.9 Å². The van der Waals surface area contributed by atoms with Crippen LogP contribution < -0.4 is 15.0 Å². The number of nitrogens with zero attached hydrogens (tertiary/aromatic N) is 3. The number of carbonyl (C=O) groups excluding carboxylic acids is 1. The van der Waals surface area contributed by atoms with Gasteiger partial charge in [0.1, 0.15) is 0 Å². The molecular formula is C33H40N4O4. The second kappa shape index (κ2) is 10.3. The molecule has 1 N–H and O–H groups in total. The number of pyridine rings is 2. The van der Waals surface area contributed by atoms with Crippen LogP contribution in [0.25, 0.3) is 11.1 Å². The average Bonchev–Trinajstić information content (AvgIpc) is 3.31. The molecule has 0 spiro atoms. The van der Waals surface area contributed by atoms with Gasteiger partial charge in [-0.1, -0.05) is 6.07 Å². The van der Waals surface area contributed by atoms with Crippen molar-refractivity contribution in [1.29, 1.82) is 0 Å². The topological polar surface area (TPSA) is 87.8 Å². The number of hydrogen-bond donors (Lipinski definition) is 1. The Balaban J connectivity index is 1.40. The summed E-state index contributed by atoms with van der Waals surface area (Å²) in [6.45, 7) is 8.60. The van der Waals surface area contributed by atoms with Crippen LogP contribution in [0.15, 0.2) is 35.4 Å². The molecule has 0 saturated heterocycles. The Labute approximate surface area is 241 Å². The van der Waals surface area contributed by atoms with Crippen molar-refractivity contribution in [3.8, 4) is 22.6 Å². The van der Waals surface area contributed by atoms with Crippen molar-refractivity contribution in [1.82, 2.24) is 19.8 Å². The predicted molar refractivity (Wildman–Crippen MR) is 158 cm³/mol. The molecule has 216 valence electrons. The van der Waals surface area contributed by atoms with Crippen LogP contribution in [0.4, 0.5) is 0 Å². The van der Waals surface area contributed by atoms with Crippen LogP contribution in [-0.2, 0) is 13.0 Å². The third kappa shape index (κ3) is 4.72. The van der Waals surface area contributed by atoms with Gasteiger partial charge in [-0.25, -0.2) is 0 Å². The monoisotopic (exact) mass is 556 g/mol. The minimum Gasteiger partial charge on any atom is -0.448 e. The van der Waals surface area contributed by atoms with Crippen molar-refractivity contribution >= 4 is 5.91 Å². The van der Waals surface area contributed by atoms with Gasteiger partial charge in [0.25, 0.3) is 17.3 Å². The van der Waals surface area contributed by atoms with Crippen LogP contribution in [0.5, 0.6) is 11.5 Å². The molecule has 8 heteroatoms. The molecule has 1 unspecified atom stereocenters. The number of H-pyrrole nitrogens is 1. The lowest BCUT2D eigenvalue weighted by Gasteiger charge is -2.39. The number of carbonyl (C=O) groups is 1. The second-order valence-corrected chi connectivity index (χ2v) is 12.4. The average molecular weight is 557 g/mol. The maximum atomic E-state index is 14.2. The maximum Gasteiger partial charge on any atom is 0.254 e. The molecule has 1 amide bonds. The Morgan fingerprint density at radius 2 is 1.80 bits per heavy atom. The molecule has 1 saturated carbocycles. The van der Waals surface area contributed by atoms with Crippen LogP contribution in [0.3, 0.4) is 0 Å². The first-order valence-electron chi connectivity index (χ1n) is 14.7. The third-order valence-corrected chi connectivity index (χ3v) is 9.46. The van der Waals surface area contributed by atoms with E-state index >= 15 is 0 Å². The number of aryl methyl sites for hydroxylation is 2. The molecule has 0 radical (unpaired) electrons. The van der Waals surface area contributed by atoms with E-state index < -0.39 is 5.79 Å². The molecule has 41 heavy (non-hydrogen) atoms. The van der Waals surface area contributed by atoms with E-state index in [2.05, 4.69) is 35.9 Å². The highest BCUT2D eigenvalue weighted by Crippen LogP contribution is 2.55. The zero-order valence-corrected chi connectivity index (χ0v) is 25.0. The largest absolute Gasteiger partial charge is 0.448 e. The first-order chi connectivity index (χ1) is 19.6. The van der Waals surface area contributed by atoms with Crippen molar-refractivity contribution in [3.05, 3.63) is 74.5 Å². The van der Waals surface area contributed by atoms with Gasteiger partial charge in [0.2, 0.25) is 0 Å². The maximum absolute atomic E-state index is 14.2. The summed E-state index contributed by atoms with van der Waals surface area (Å²) in [7, 11) is 4.30. The molecule has 2 aromatic heterocycles. The fourth-order valence-electron chi connectivity index (χ4n) is 7.10. The van der Waals surface area contributed by atoms with E-state index in [1.54, 1.807) is 11.1 Å². The number of aromatic nitrogens is 2. The lowest BCUT2D eigenvalue weighted by molar-refractivity contribution is -0.123. The van der Waals surface area contributed by atoms with Gasteiger partial charge in [-0.15, -0.1) is 0 Å². The number of ether oxygens (including phenoxy) is 2. The molecular weight excluding hydrogens is 516 g/mol. The van der Waals surface area contributed by atoms with Crippen molar-refractivity contribution in [2.75, 3.05) is 20.6 Å². The summed E-state index contributed by atoms with van der Waals surface area (Å²) < 4.78 is 13.6. The molecule has 3 aromatic rings. The standard InChI is InChI=1S/C33H40N4O4/c1-19-16-20(2)35-31(38)26(19)18-37-15-13-25-27(32(37)39)21(3)29-30(28(25)22-8-7-14-34-17-22)41-33(4,40-29)23-9-11-24(12-10-23)36(5)6/h7-8,14,16-17,23-24H,9-13,15,18H2,1-6H3,(H,35,38)/t23-,24-,33?.